The van der Waals surface area contributed by atoms with Crippen molar-refractivity contribution in [3.8, 4) is 0 Å². The molecule has 86 valence electrons. The lowest BCUT2D eigenvalue weighted by molar-refractivity contribution is -0.137. The Bertz CT molecular complexity index is 457. The third-order valence-corrected chi connectivity index (χ3v) is 2.76. The van der Waals surface area contributed by atoms with Crippen LogP contribution in [0.1, 0.15) is 26.3 Å². The maximum atomic E-state index is 12.5. The molecule has 7 heteroatoms. The second-order valence-corrected chi connectivity index (χ2v) is 4.03. The van der Waals surface area contributed by atoms with E-state index in [2.05, 4.69) is 0 Å². The molecule has 0 unspecified atom stereocenters. The van der Waals surface area contributed by atoms with Crippen molar-refractivity contribution in [3.63, 3.8) is 0 Å². The third kappa shape index (κ3) is 2.34. The lowest BCUT2D eigenvalue weighted by Crippen LogP contribution is -2.19. The molecule has 1 rings (SSSR count). The molecule has 0 bridgehead atoms. The summed E-state index contributed by atoms with van der Waals surface area (Å²) in [6, 6.07) is 1.84. The number of hydrogen-bond acceptors (Lipinski definition) is 2. The molecule has 0 fully saturated rings. The van der Waals surface area contributed by atoms with Crippen LogP contribution in [0.4, 0.5) is 13.2 Å². The smallest absolute Gasteiger partial charge is 0.366 e. The van der Waals surface area contributed by atoms with Crippen LogP contribution in [0.5, 0.6) is 0 Å². The molecular weight excluding hydrogens is 338 g/mol. The Morgan fingerprint density at radius 1 is 1.38 bits per heavy atom. The van der Waals surface area contributed by atoms with E-state index < -0.39 is 28.8 Å². The van der Waals surface area contributed by atoms with Gasteiger partial charge in [0.05, 0.1) is 11.1 Å². The van der Waals surface area contributed by atoms with Crippen molar-refractivity contribution in [1.82, 2.24) is 0 Å². The zero-order valence-electron chi connectivity index (χ0n) is 7.64. The van der Waals surface area contributed by atoms with E-state index in [0.29, 0.717) is 0 Å². The standard InChI is InChI=1S/C9H5F3INO2/c10-9(11,12)5-1-2-6(13)7(8(14)16)4(5)3-15/h1-3H,(H2,14,16). The Morgan fingerprint density at radius 3 is 2.31 bits per heavy atom. The highest BCUT2D eigenvalue weighted by Gasteiger charge is 2.35. The Kier molecular flexibility index (Phi) is 3.56. The van der Waals surface area contributed by atoms with Gasteiger partial charge >= 0.3 is 6.18 Å². The van der Waals surface area contributed by atoms with E-state index in [4.69, 9.17) is 5.73 Å². The molecule has 0 spiro atoms. The SMILES string of the molecule is NC(=O)c1c(I)ccc(C(F)(F)F)c1C=O. The molecule has 0 heterocycles. The monoisotopic (exact) mass is 343 g/mol. The van der Waals surface area contributed by atoms with E-state index in [1.54, 1.807) is 22.6 Å². The summed E-state index contributed by atoms with van der Waals surface area (Å²) in [6.07, 6.45) is -4.70. The van der Waals surface area contributed by atoms with E-state index in [9.17, 15) is 22.8 Å². The Balaban J connectivity index is 3.62. The maximum absolute atomic E-state index is 12.5. The number of nitrogens with two attached hydrogens (primary N) is 1. The second kappa shape index (κ2) is 4.40. The second-order valence-electron chi connectivity index (χ2n) is 2.86. The van der Waals surface area contributed by atoms with Gasteiger partial charge in [-0.05, 0) is 34.7 Å². The van der Waals surface area contributed by atoms with Crippen molar-refractivity contribution in [1.29, 1.82) is 0 Å². The molecule has 0 radical (unpaired) electrons. The van der Waals surface area contributed by atoms with Gasteiger partial charge in [-0.2, -0.15) is 13.2 Å². The largest absolute Gasteiger partial charge is 0.417 e. The molecule has 0 aliphatic heterocycles. The number of aldehydes is 1. The van der Waals surface area contributed by atoms with Crippen molar-refractivity contribution < 1.29 is 22.8 Å². The number of halogens is 4. The fraction of sp³-hybridized carbons (Fsp3) is 0.111. The molecular formula is C9H5F3INO2. The number of amides is 1. The number of carbonyl (C=O) groups excluding carboxylic acids is 2. The molecule has 0 aliphatic rings. The first-order valence-electron chi connectivity index (χ1n) is 3.93. The van der Waals surface area contributed by atoms with Crippen LogP contribution in [0.2, 0.25) is 0 Å². The first-order valence-corrected chi connectivity index (χ1v) is 5.01. The molecule has 0 saturated heterocycles. The van der Waals surface area contributed by atoms with Crippen LogP contribution in [0.25, 0.3) is 0 Å². The molecule has 0 aromatic heterocycles. The van der Waals surface area contributed by atoms with Gasteiger partial charge in [0.15, 0.2) is 6.29 Å². The maximum Gasteiger partial charge on any atom is 0.417 e. The summed E-state index contributed by atoms with van der Waals surface area (Å²) >= 11 is 1.64. The summed E-state index contributed by atoms with van der Waals surface area (Å²) in [4.78, 5) is 21.6. The van der Waals surface area contributed by atoms with Gasteiger partial charge in [-0.15, -0.1) is 0 Å². The number of hydrogen-bond donors (Lipinski definition) is 1. The number of carbonyl (C=O) groups is 2. The van der Waals surface area contributed by atoms with E-state index in [1.165, 1.54) is 0 Å². The van der Waals surface area contributed by atoms with Gasteiger partial charge in [-0.3, -0.25) is 9.59 Å². The zero-order chi connectivity index (χ0) is 12.5. The summed E-state index contributed by atoms with van der Waals surface area (Å²) in [5.74, 6) is -1.06. The normalized spacial score (nSPS) is 11.2. The number of alkyl halides is 3. The summed E-state index contributed by atoms with van der Waals surface area (Å²) in [7, 11) is 0. The summed E-state index contributed by atoms with van der Waals surface area (Å²) in [6.45, 7) is 0. The lowest BCUT2D eigenvalue weighted by atomic mass is 10.0. The quantitative estimate of drug-likeness (QED) is 0.661. The Hall–Kier alpha value is -1.12. The Labute approximate surface area is 102 Å². The van der Waals surface area contributed by atoms with Crippen molar-refractivity contribution in [2.45, 2.75) is 6.18 Å². The molecule has 3 nitrogen and oxygen atoms in total. The predicted molar refractivity (Wildman–Crippen MR) is 58.1 cm³/mol. The van der Waals surface area contributed by atoms with E-state index >= 15 is 0 Å². The van der Waals surface area contributed by atoms with Crippen LogP contribution < -0.4 is 5.73 Å². The first-order chi connectivity index (χ1) is 7.29. The van der Waals surface area contributed by atoms with Crippen molar-refractivity contribution in [2.75, 3.05) is 0 Å². The third-order valence-electron chi connectivity index (χ3n) is 1.86. The minimum absolute atomic E-state index is 0.00885. The fourth-order valence-corrected chi connectivity index (χ4v) is 1.95. The molecule has 1 aromatic carbocycles. The molecule has 1 amide bonds. The van der Waals surface area contributed by atoms with Crippen LogP contribution in [0, 0.1) is 3.57 Å². The summed E-state index contributed by atoms with van der Waals surface area (Å²) in [5.41, 5.74) is 2.66. The van der Waals surface area contributed by atoms with Gasteiger partial charge in [0.2, 0.25) is 0 Å². The van der Waals surface area contributed by atoms with Crippen LogP contribution in [0.3, 0.4) is 0 Å². The summed E-state index contributed by atoms with van der Waals surface area (Å²) < 4.78 is 37.7. The predicted octanol–water partition coefficient (Wildman–Crippen LogP) is 2.22. The van der Waals surface area contributed by atoms with Crippen LogP contribution in [0.15, 0.2) is 12.1 Å². The molecule has 0 aliphatic carbocycles. The van der Waals surface area contributed by atoms with Crippen molar-refractivity contribution in [3.05, 3.63) is 32.4 Å². The average Bonchev–Trinajstić information content (AvgIpc) is 2.14. The number of rotatable bonds is 2. The van der Waals surface area contributed by atoms with Crippen molar-refractivity contribution >= 4 is 34.8 Å². The molecule has 0 atom stereocenters. The molecule has 0 saturated carbocycles. The van der Waals surface area contributed by atoms with Gasteiger partial charge in [-0.1, -0.05) is 0 Å². The lowest BCUT2D eigenvalue weighted by Gasteiger charge is -2.12. The van der Waals surface area contributed by atoms with Crippen molar-refractivity contribution in [2.24, 2.45) is 5.73 Å². The zero-order valence-corrected chi connectivity index (χ0v) is 9.80. The van der Waals surface area contributed by atoms with Gasteiger partial charge in [-0.25, -0.2) is 0 Å². The van der Waals surface area contributed by atoms with Gasteiger partial charge in [0.1, 0.15) is 0 Å². The van der Waals surface area contributed by atoms with E-state index in [0.717, 1.165) is 12.1 Å². The van der Waals surface area contributed by atoms with Gasteiger partial charge in [0.25, 0.3) is 5.91 Å². The highest BCUT2D eigenvalue weighted by molar-refractivity contribution is 14.1. The fourth-order valence-electron chi connectivity index (χ4n) is 1.21. The highest BCUT2D eigenvalue weighted by atomic mass is 127. The topological polar surface area (TPSA) is 60.2 Å². The first kappa shape index (κ1) is 12.9. The van der Waals surface area contributed by atoms with Crippen LogP contribution in [-0.2, 0) is 6.18 Å². The van der Waals surface area contributed by atoms with E-state index in [1.807, 2.05) is 0 Å². The van der Waals surface area contributed by atoms with Crippen LogP contribution >= 0.6 is 22.6 Å². The van der Waals surface area contributed by atoms with Crippen LogP contribution in [-0.4, -0.2) is 12.2 Å². The molecule has 2 N–H and O–H groups in total. The number of primary amides is 1. The average molecular weight is 343 g/mol. The Morgan fingerprint density at radius 2 is 1.94 bits per heavy atom. The van der Waals surface area contributed by atoms with Gasteiger partial charge < -0.3 is 5.73 Å². The minimum atomic E-state index is -4.69. The summed E-state index contributed by atoms with van der Waals surface area (Å²) in [5, 5.41) is 0. The van der Waals surface area contributed by atoms with E-state index in [-0.39, 0.29) is 9.86 Å². The van der Waals surface area contributed by atoms with Gasteiger partial charge in [0, 0.05) is 9.13 Å². The molecule has 16 heavy (non-hydrogen) atoms. The number of benzene rings is 1. The minimum Gasteiger partial charge on any atom is -0.366 e. The molecule has 1 aromatic rings. The highest BCUT2D eigenvalue weighted by Crippen LogP contribution is 2.33.